The summed E-state index contributed by atoms with van der Waals surface area (Å²) in [5, 5.41) is 10.5. The lowest BCUT2D eigenvalue weighted by atomic mass is 10.2. The van der Waals surface area contributed by atoms with Crippen LogP contribution in [0, 0.1) is 13.8 Å². The Labute approximate surface area is 111 Å². The van der Waals surface area contributed by atoms with E-state index in [4.69, 9.17) is 9.47 Å². The number of anilines is 1. The van der Waals surface area contributed by atoms with Crippen molar-refractivity contribution < 1.29 is 9.47 Å². The van der Waals surface area contributed by atoms with E-state index in [2.05, 4.69) is 15.5 Å². The largest absolute Gasteiger partial charge is 0.486 e. The SMILES string of the molecule is Cc1n[nH]c(C)c1NCc1ccc2c(c1)OCCO2. The van der Waals surface area contributed by atoms with Crippen LogP contribution in [0.1, 0.15) is 17.0 Å². The van der Waals surface area contributed by atoms with Gasteiger partial charge in [-0.05, 0) is 31.5 Å². The zero-order valence-corrected chi connectivity index (χ0v) is 11.1. The van der Waals surface area contributed by atoms with Gasteiger partial charge in [0.05, 0.1) is 17.1 Å². The second-order valence-electron chi connectivity index (χ2n) is 4.64. The van der Waals surface area contributed by atoms with E-state index >= 15 is 0 Å². The zero-order valence-electron chi connectivity index (χ0n) is 11.1. The third-order valence-corrected chi connectivity index (χ3v) is 3.20. The van der Waals surface area contributed by atoms with E-state index in [9.17, 15) is 0 Å². The minimum atomic E-state index is 0.615. The molecule has 0 atom stereocenters. The van der Waals surface area contributed by atoms with E-state index in [-0.39, 0.29) is 0 Å². The van der Waals surface area contributed by atoms with Gasteiger partial charge in [-0.15, -0.1) is 0 Å². The lowest BCUT2D eigenvalue weighted by Crippen LogP contribution is -2.15. The van der Waals surface area contributed by atoms with Gasteiger partial charge in [0.25, 0.3) is 0 Å². The van der Waals surface area contributed by atoms with Gasteiger partial charge in [-0.1, -0.05) is 6.07 Å². The summed E-state index contributed by atoms with van der Waals surface area (Å²) < 4.78 is 11.1. The molecule has 2 N–H and O–H groups in total. The fraction of sp³-hybridized carbons (Fsp3) is 0.357. The van der Waals surface area contributed by atoms with E-state index < -0.39 is 0 Å². The minimum Gasteiger partial charge on any atom is -0.486 e. The Kier molecular flexibility index (Phi) is 3.03. The van der Waals surface area contributed by atoms with Crippen molar-refractivity contribution in [1.29, 1.82) is 0 Å². The van der Waals surface area contributed by atoms with Gasteiger partial charge in [0.1, 0.15) is 13.2 Å². The summed E-state index contributed by atoms with van der Waals surface area (Å²) in [4.78, 5) is 0. The predicted octanol–water partition coefficient (Wildman–Crippen LogP) is 2.41. The highest BCUT2D eigenvalue weighted by molar-refractivity contribution is 5.52. The molecule has 1 aromatic heterocycles. The van der Waals surface area contributed by atoms with Crippen LogP contribution in [0.5, 0.6) is 11.5 Å². The van der Waals surface area contributed by atoms with Gasteiger partial charge in [0.2, 0.25) is 0 Å². The molecule has 2 heterocycles. The predicted molar refractivity (Wildman–Crippen MR) is 72.8 cm³/mol. The zero-order chi connectivity index (χ0) is 13.2. The highest BCUT2D eigenvalue weighted by Crippen LogP contribution is 2.31. The van der Waals surface area contributed by atoms with Crippen molar-refractivity contribution in [3.05, 3.63) is 35.2 Å². The van der Waals surface area contributed by atoms with Crippen LogP contribution in [0.3, 0.4) is 0 Å². The summed E-state index contributed by atoms with van der Waals surface area (Å²) in [7, 11) is 0. The first kappa shape index (κ1) is 11.9. The summed E-state index contributed by atoms with van der Waals surface area (Å²) >= 11 is 0. The number of ether oxygens (including phenoxy) is 2. The molecule has 5 heteroatoms. The van der Waals surface area contributed by atoms with Gasteiger partial charge in [-0.3, -0.25) is 5.10 Å². The third-order valence-electron chi connectivity index (χ3n) is 3.20. The summed E-state index contributed by atoms with van der Waals surface area (Å²) in [5.41, 5.74) is 4.25. The quantitative estimate of drug-likeness (QED) is 0.888. The van der Waals surface area contributed by atoms with E-state index in [0.29, 0.717) is 13.2 Å². The molecule has 2 aromatic rings. The average molecular weight is 259 g/mol. The van der Waals surface area contributed by atoms with Gasteiger partial charge in [-0.25, -0.2) is 0 Å². The van der Waals surface area contributed by atoms with Crippen molar-refractivity contribution in [2.75, 3.05) is 18.5 Å². The maximum atomic E-state index is 5.58. The number of hydrogen-bond donors (Lipinski definition) is 2. The number of fused-ring (bicyclic) bond motifs is 1. The summed E-state index contributed by atoms with van der Waals surface area (Å²) in [5.74, 6) is 1.65. The molecule has 3 rings (SSSR count). The molecule has 0 radical (unpaired) electrons. The highest BCUT2D eigenvalue weighted by atomic mass is 16.6. The Balaban J connectivity index is 1.74. The van der Waals surface area contributed by atoms with Crippen LogP contribution in [0.25, 0.3) is 0 Å². The first-order chi connectivity index (χ1) is 9.24. The molecule has 0 saturated carbocycles. The smallest absolute Gasteiger partial charge is 0.161 e. The molecule has 1 aliphatic rings. The fourth-order valence-corrected chi connectivity index (χ4v) is 2.20. The Morgan fingerprint density at radius 3 is 2.74 bits per heavy atom. The van der Waals surface area contributed by atoms with E-state index in [1.165, 1.54) is 0 Å². The summed E-state index contributed by atoms with van der Waals surface area (Å²) in [6, 6.07) is 6.03. The van der Waals surface area contributed by atoms with Crippen LogP contribution < -0.4 is 14.8 Å². The van der Waals surface area contributed by atoms with Crippen molar-refractivity contribution in [2.45, 2.75) is 20.4 Å². The Bertz CT molecular complexity index is 573. The normalized spacial score (nSPS) is 13.4. The molecule has 0 aliphatic carbocycles. The Morgan fingerprint density at radius 2 is 2.00 bits per heavy atom. The molecule has 5 nitrogen and oxygen atoms in total. The molecule has 1 aliphatic heterocycles. The monoisotopic (exact) mass is 259 g/mol. The summed E-state index contributed by atoms with van der Waals surface area (Å²) in [6.45, 7) is 5.96. The maximum Gasteiger partial charge on any atom is 0.161 e. The molecule has 100 valence electrons. The van der Waals surface area contributed by atoms with Crippen molar-refractivity contribution in [3.63, 3.8) is 0 Å². The molecule has 0 spiro atoms. The number of aryl methyl sites for hydroxylation is 2. The van der Waals surface area contributed by atoms with Crippen molar-refractivity contribution in [1.82, 2.24) is 10.2 Å². The Morgan fingerprint density at radius 1 is 1.21 bits per heavy atom. The molecule has 1 aromatic carbocycles. The molecular formula is C14H17N3O2. The van der Waals surface area contributed by atoms with Crippen LogP contribution in [0.2, 0.25) is 0 Å². The standard InChI is InChI=1S/C14H17N3O2/c1-9-14(10(2)17-16-9)15-8-11-3-4-12-13(7-11)19-6-5-18-12/h3-4,7,15H,5-6,8H2,1-2H3,(H,16,17). The topological polar surface area (TPSA) is 59.2 Å². The van der Waals surface area contributed by atoms with E-state index in [0.717, 1.165) is 40.7 Å². The first-order valence-corrected chi connectivity index (χ1v) is 6.38. The molecule has 0 unspecified atom stereocenters. The second kappa shape index (κ2) is 4.84. The highest BCUT2D eigenvalue weighted by Gasteiger charge is 2.12. The van der Waals surface area contributed by atoms with Crippen LogP contribution in [-0.4, -0.2) is 23.4 Å². The number of benzene rings is 1. The first-order valence-electron chi connectivity index (χ1n) is 6.38. The molecule has 19 heavy (non-hydrogen) atoms. The van der Waals surface area contributed by atoms with E-state index in [1.807, 2.05) is 32.0 Å². The molecule has 0 fully saturated rings. The van der Waals surface area contributed by atoms with Gasteiger partial charge in [-0.2, -0.15) is 5.10 Å². The lowest BCUT2D eigenvalue weighted by molar-refractivity contribution is 0.171. The molecule has 0 saturated heterocycles. The molecule has 0 bridgehead atoms. The van der Waals surface area contributed by atoms with Gasteiger partial charge < -0.3 is 14.8 Å². The van der Waals surface area contributed by atoms with Crippen LogP contribution in [-0.2, 0) is 6.54 Å². The number of aromatic nitrogens is 2. The second-order valence-corrected chi connectivity index (χ2v) is 4.64. The number of rotatable bonds is 3. The van der Waals surface area contributed by atoms with Gasteiger partial charge in [0.15, 0.2) is 11.5 Å². The number of aromatic amines is 1. The lowest BCUT2D eigenvalue weighted by Gasteiger charge is -2.19. The maximum absolute atomic E-state index is 5.58. The minimum absolute atomic E-state index is 0.615. The fourth-order valence-electron chi connectivity index (χ4n) is 2.20. The number of nitrogens with zero attached hydrogens (tertiary/aromatic N) is 1. The van der Waals surface area contributed by atoms with Crippen molar-refractivity contribution >= 4 is 5.69 Å². The van der Waals surface area contributed by atoms with Crippen LogP contribution >= 0.6 is 0 Å². The Hall–Kier alpha value is -2.17. The van der Waals surface area contributed by atoms with Gasteiger partial charge >= 0.3 is 0 Å². The number of H-pyrrole nitrogens is 1. The number of nitrogens with one attached hydrogen (secondary N) is 2. The van der Waals surface area contributed by atoms with Crippen LogP contribution in [0.4, 0.5) is 5.69 Å². The molecule has 0 amide bonds. The van der Waals surface area contributed by atoms with Crippen molar-refractivity contribution in [3.8, 4) is 11.5 Å². The van der Waals surface area contributed by atoms with Crippen molar-refractivity contribution in [2.24, 2.45) is 0 Å². The molecular weight excluding hydrogens is 242 g/mol. The third kappa shape index (κ3) is 2.36. The van der Waals surface area contributed by atoms with Gasteiger partial charge in [0, 0.05) is 6.54 Å². The van der Waals surface area contributed by atoms with Crippen LogP contribution in [0.15, 0.2) is 18.2 Å². The van der Waals surface area contributed by atoms with E-state index in [1.54, 1.807) is 0 Å². The summed E-state index contributed by atoms with van der Waals surface area (Å²) in [6.07, 6.45) is 0. The average Bonchev–Trinajstić information content (AvgIpc) is 2.76. The number of hydrogen-bond acceptors (Lipinski definition) is 4.